The Labute approximate surface area is 197 Å². The largest absolute Gasteiger partial charge is 0.497 e. The van der Waals surface area contributed by atoms with Gasteiger partial charge in [-0.2, -0.15) is 0 Å². The fraction of sp³-hybridized carbons (Fsp3) is 0.480. The molecule has 8 heteroatoms. The van der Waals surface area contributed by atoms with Crippen LogP contribution < -0.4 is 14.4 Å². The number of benzene rings is 2. The number of hydrogen-bond acceptors (Lipinski definition) is 5. The van der Waals surface area contributed by atoms with Gasteiger partial charge in [0.1, 0.15) is 12.3 Å². The normalized spacial score (nSPS) is 14.6. The van der Waals surface area contributed by atoms with Crippen LogP contribution in [0.3, 0.4) is 0 Å². The van der Waals surface area contributed by atoms with Crippen molar-refractivity contribution in [2.45, 2.75) is 56.4 Å². The van der Waals surface area contributed by atoms with E-state index in [2.05, 4.69) is 5.32 Å². The van der Waals surface area contributed by atoms with Crippen LogP contribution >= 0.6 is 0 Å². The molecule has 0 aromatic heterocycles. The fourth-order valence-corrected chi connectivity index (χ4v) is 5.30. The van der Waals surface area contributed by atoms with E-state index >= 15 is 0 Å². The van der Waals surface area contributed by atoms with Gasteiger partial charge in [-0.3, -0.25) is 9.10 Å². The van der Waals surface area contributed by atoms with Gasteiger partial charge in [0.15, 0.2) is 0 Å². The first-order valence-corrected chi connectivity index (χ1v) is 13.0. The van der Waals surface area contributed by atoms with Crippen LogP contribution in [0.2, 0.25) is 0 Å². The van der Waals surface area contributed by atoms with Gasteiger partial charge in [0.2, 0.25) is 5.91 Å². The summed E-state index contributed by atoms with van der Waals surface area (Å²) in [6, 6.07) is 13.3. The zero-order valence-corrected chi connectivity index (χ0v) is 20.3. The third kappa shape index (κ3) is 7.20. The van der Waals surface area contributed by atoms with Crippen molar-refractivity contribution in [1.82, 2.24) is 5.32 Å². The molecule has 180 valence electrons. The number of aryl methyl sites for hydroxylation is 1. The molecule has 0 heterocycles. The van der Waals surface area contributed by atoms with Gasteiger partial charge in [0.05, 0.1) is 23.8 Å². The molecule has 1 N–H and O–H groups in total. The topological polar surface area (TPSA) is 84.9 Å². The molecule has 1 saturated carbocycles. The summed E-state index contributed by atoms with van der Waals surface area (Å²) in [4.78, 5) is 12.8. The predicted octanol–water partition coefficient (Wildman–Crippen LogP) is 4.05. The fourth-order valence-electron chi connectivity index (χ4n) is 3.89. The van der Waals surface area contributed by atoms with Gasteiger partial charge in [-0.15, -0.1) is 0 Å². The average molecular weight is 475 g/mol. The van der Waals surface area contributed by atoms with Crippen LogP contribution in [0.25, 0.3) is 0 Å². The Bertz CT molecular complexity index is 1000. The second-order valence-electron chi connectivity index (χ2n) is 8.36. The monoisotopic (exact) mass is 474 g/mol. The molecular weight excluding hydrogens is 440 g/mol. The quantitative estimate of drug-likeness (QED) is 0.497. The van der Waals surface area contributed by atoms with E-state index in [4.69, 9.17) is 9.47 Å². The van der Waals surface area contributed by atoms with E-state index in [1.807, 2.05) is 6.92 Å². The van der Waals surface area contributed by atoms with Crippen LogP contribution in [-0.2, 0) is 19.6 Å². The third-order valence-electron chi connectivity index (χ3n) is 5.79. The number of nitrogens with one attached hydrogen (secondary N) is 1. The Morgan fingerprint density at radius 1 is 1.09 bits per heavy atom. The molecule has 1 aliphatic rings. The number of hydrogen-bond donors (Lipinski definition) is 1. The summed E-state index contributed by atoms with van der Waals surface area (Å²) in [5, 5.41) is 2.83. The van der Waals surface area contributed by atoms with Gasteiger partial charge in [-0.05, 0) is 50.5 Å². The molecule has 0 unspecified atom stereocenters. The molecule has 2 aromatic rings. The second-order valence-corrected chi connectivity index (χ2v) is 10.2. The van der Waals surface area contributed by atoms with Crippen LogP contribution in [-0.4, -0.2) is 47.2 Å². The van der Waals surface area contributed by atoms with E-state index < -0.39 is 10.0 Å². The van der Waals surface area contributed by atoms with Gasteiger partial charge in [0.25, 0.3) is 10.0 Å². The highest BCUT2D eigenvalue weighted by atomic mass is 32.2. The SMILES string of the molecule is COc1cccc(N(CC(=O)NCCCOC2CCCCC2)S(=O)(=O)c2ccc(C)cc2)c1. The van der Waals surface area contributed by atoms with E-state index in [0.29, 0.717) is 37.1 Å². The van der Waals surface area contributed by atoms with Gasteiger partial charge in [0, 0.05) is 19.2 Å². The van der Waals surface area contributed by atoms with Gasteiger partial charge in [-0.1, -0.05) is 43.0 Å². The third-order valence-corrected chi connectivity index (χ3v) is 7.57. The first kappa shape index (κ1) is 25.1. The van der Waals surface area contributed by atoms with E-state index in [0.717, 1.165) is 22.7 Å². The summed E-state index contributed by atoms with van der Waals surface area (Å²) < 4.78 is 39.1. The van der Waals surface area contributed by atoms with E-state index in [-0.39, 0.29) is 17.3 Å². The van der Waals surface area contributed by atoms with Crippen molar-refractivity contribution >= 4 is 21.6 Å². The molecule has 0 aliphatic heterocycles. The molecule has 0 atom stereocenters. The highest BCUT2D eigenvalue weighted by molar-refractivity contribution is 7.92. The maximum absolute atomic E-state index is 13.4. The lowest BCUT2D eigenvalue weighted by atomic mass is 9.98. The summed E-state index contributed by atoms with van der Waals surface area (Å²) in [5.74, 6) is 0.142. The number of carbonyl (C=O) groups excluding carboxylic acids is 1. The van der Waals surface area contributed by atoms with E-state index in [9.17, 15) is 13.2 Å². The minimum absolute atomic E-state index is 0.129. The molecule has 1 fully saturated rings. The first-order chi connectivity index (χ1) is 15.9. The lowest BCUT2D eigenvalue weighted by Crippen LogP contribution is -2.41. The number of anilines is 1. The van der Waals surface area contributed by atoms with Crippen LogP contribution in [0.5, 0.6) is 5.75 Å². The van der Waals surface area contributed by atoms with Crippen LogP contribution in [0.15, 0.2) is 53.4 Å². The van der Waals surface area contributed by atoms with Crippen LogP contribution in [0, 0.1) is 6.92 Å². The Morgan fingerprint density at radius 2 is 1.82 bits per heavy atom. The highest BCUT2D eigenvalue weighted by Crippen LogP contribution is 2.27. The molecule has 33 heavy (non-hydrogen) atoms. The Balaban J connectivity index is 1.65. The van der Waals surface area contributed by atoms with Gasteiger partial charge < -0.3 is 14.8 Å². The first-order valence-electron chi connectivity index (χ1n) is 11.5. The van der Waals surface area contributed by atoms with E-state index in [1.165, 1.54) is 26.4 Å². The number of sulfonamides is 1. The minimum atomic E-state index is -3.95. The van der Waals surface area contributed by atoms with Crippen molar-refractivity contribution in [2.24, 2.45) is 0 Å². The van der Waals surface area contributed by atoms with Gasteiger partial charge in [-0.25, -0.2) is 8.42 Å². The maximum Gasteiger partial charge on any atom is 0.264 e. The summed E-state index contributed by atoms with van der Waals surface area (Å²) in [5.41, 5.74) is 1.32. The molecule has 1 amide bonds. The summed E-state index contributed by atoms with van der Waals surface area (Å²) >= 11 is 0. The minimum Gasteiger partial charge on any atom is -0.497 e. The molecule has 0 radical (unpaired) electrons. The number of rotatable bonds is 11. The second kappa shape index (κ2) is 12.0. The van der Waals surface area contributed by atoms with Crippen molar-refractivity contribution in [3.63, 3.8) is 0 Å². The number of ether oxygens (including phenoxy) is 2. The van der Waals surface area contributed by atoms with Crippen molar-refractivity contribution in [3.05, 3.63) is 54.1 Å². The molecule has 7 nitrogen and oxygen atoms in total. The Kier molecular flexibility index (Phi) is 9.14. The van der Waals surface area contributed by atoms with Crippen molar-refractivity contribution in [2.75, 3.05) is 31.1 Å². The van der Waals surface area contributed by atoms with Crippen LogP contribution in [0.4, 0.5) is 5.69 Å². The highest BCUT2D eigenvalue weighted by Gasteiger charge is 2.27. The van der Waals surface area contributed by atoms with Crippen molar-refractivity contribution < 1.29 is 22.7 Å². The number of carbonyl (C=O) groups is 1. The smallest absolute Gasteiger partial charge is 0.264 e. The summed E-state index contributed by atoms with van der Waals surface area (Å²) in [6.45, 7) is 2.59. The molecule has 0 saturated heterocycles. The standard InChI is InChI=1S/C25H34N2O5S/c1-20-12-14-24(15-13-20)33(29,30)27(21-8-6-11-23(18-21)31-2)19-25(28)26-16-7-17-32-22-9-4-3-5-10-22/h6,8,11-15,18,22H,3-5,7,9-10,16-17,19H2,1-2H3,(H,26,28). The van der Waals surface area contributed by atoms with E-state index in [1.54, 1.807) is 48.5 Å². The zero-order chi connectivity index (χ0) is 23.7. The maximum atomic E-state index is 13.4. The van der Waals surface area contributed by atoms with Crippen LogP contribution in [0.1, 0.15) is 44.1 Å². The van der Waals surface area contributed by atoms with Crippen molar-refractivity contribution in [1.29, 1.82) is 0 Å². The number of amides is 1. The summed E-state index contributed by atoms with van der Waals surface area (Å²) in [6.07, 6.45) is 6.96. The number of nitrogens with zero attached hydrogens (tertiary/aromatic N) is 1. The zero-order valence-electron chi connectivity index (χ0n) is 19.5. The molecule has 0 bridgehead atoms. The van der Waals surface area contributed by atoms with Gasteiger partial charge >= 0.3 is 0 Å². The predicted molar refractivity (Wildman–Crippen MR) is 129 cm³/mol. The average Bonchev–Trinajstić information content (AvgIpc) is 2.83. The molecule has 0 spiro atoms. The molecule has 2 aromatic carbocycles. The lowest BCUT2D eigenvalue weighted by Gasteiger charge is -2.24. The molecule has 1 aliphatic carbocycles. The summed E-state index contributed by atoms with van der Waals surface area (Å²) in [7, 11) is -2.43. The molecule has 3 rings (SSSR count). The van der Waals surface area contributed by atoms with Crippen molar-refractivity contribution in [3.8, 4) is 5.75 Å². The lowest BCUT2D eigenvalue weighted by molar-refractivity contribution is -0.119. The Morgan fingerprint density at radius 3 is 2.52 bits per heavy atom. The Hall–Kier alpha value is -2.58. The number of methoxy groups -OCH3 is 1. The molecular formula is C25H34N2O5S.